The van der Waals surface area contributed by atoms with Crippen LogP contribution in [0.3, 0.4) is 0 Å². The van der Waals surface area contributed by atoms with Crippen molar-refractivity contribution < 1.29 is 9.59 Å². The van der Waals surface area contributed by atoms with Crippen LogP contribution in [0.2, 0.25) is 5.02 Å². The molecule has 1 aliphatic heterocycles. The second-order valence-electron chi connectivity index (χ2n) is 6.75. The van der Waals surface area contributed by atoms with Gasteiger partial charge in [0.1, 0.15) is 0 Å². The normalized spacial score (nSPS) is 13.7. The largest absolute Gasteiger partial charge is 0.334 e. The smallest absolute Gasteiger partial charge is 0.321 e. The molecule has 7 heteroatoms. The van der Waals surface area contributed by atoms with Crippen LogP contribution >= 0.6 is 11.6 Å². The van der Waals surface area contributed by atoms with Crippen molar-refractivity contribution in [3.05, 3.63) is 76.2 Å². The number of nitrogens with one attached hydrogen (secondary N) is 1. The number of likely N-dealkylation sites (N-methyl/N-ethyl adjacent to an activating group) is 1. The van der Waals surface area contributed by atoms with E-state index in [1.807, 2.05) is 31.2 Å². The van der Waals surface area contributed by atoms with Crippen molar-refractivity contribution in [2.75, 3.05) is 20.1 Å². The number of rotatable bonds is 4. The van der Waals surface area contributed by atoms with Crippen LogP contribution in [0.15, 0.2) is 54.5 Å². The Hall–Kier alpha value is -2.86. The lowest BCUT2D eigenvalue weighted by atomic mass is 10.1. The van der Waals surface area contributed by atoms with Crippen molar-refractivity contribution in [1.29, 1.82) is 0 Å². The molecule has 0 aliphatic carbocycles. The molecule has 0 unspecified atom stereocenters. The van der Waals surface area contributed by atoms with Gasteiger partial charge in [-0.05, 0) is 42.7 Å². The fraction of sp³-hybridized carbons (Fsp3) is 0.286. The van der Waals surface area contributed by atoms with E-state index < -0.39 is 0 Å². The number of aryl methyl sites for hydroxylation is 1. The quantitative estimate of drug-likeness (QED) is 0.855. The van der Waals surface area contributed by atoms with Gasteiger partial charge in [-0.2, -0.15) is 0 Å². The lowest BCUT2D eigenvalue weighted by Gasteiger charge is -2.31. The predicted octanol–water partition coefficient (Wildman–Crippen LogP) is 3.61. The molecule has 0 spiro atoms. The molecule has 0 radical (unpaired) electrons. The Morgan fingerprint density at radius 1 is 1.32 bits per heavy atom. The molecule has 3 rings (SSSR count). The first-order valence-electron chi connectivity index (χ1n) is 9.10. The molecule has 0 fully saturated rings. The number of hydrogen-bond acceptors (Lipinski definition) is 3. The molecule has 1 N–H and O–H groups in total. The SMILES string of the molecule is Cc1cc(CNC(=O)N(C)C2=CCCN(C(=O)c3cccnc3)C2)ccc1Cl. The third-order valence-electron chi connectivity index (χ3n) is 4.73. The van der Waals surface area contributed by atoms with Gasteiger partial charge in [0.2, 0.25) is 0 Å². The zero-order valence-electron chi connectivity index (χ0n) is 16.0. The Balaban J connectivity index is 1.59. The van der Waals surface area contributed by atoms with E-state index in [1.54, 1.807) is 41.4 Å². The Morgan fingerprint density at radius 2 is 2.14 bits per heavy atom. The Labute approximate surface area is 169 Å². The van der Waals surface area contributed by atoms with Crippen LogP contribution in [0.25, 0.3) is 0 Å². The second-order valence-corrected chi connectivity index (χ2v) is 7.16. The fourth-order valence-electron chi connectivity index (χ4n) is 3.06. The van der Waals surface area contributed by atoms with E-state index in [4.69, 9.17) is 11.6 Å². The van der Waals surface area contributed by atoms with Gasteiger partial charge in [-0.1, -0.05) is 29.8 Å². The minimum absolute atomic E-state index is 0.0795. The van der Waals surface area contributed by atoms with Gasteiger partial charge < -0.3 is 10.2 Å². The minimum atomic E-state index is -0.213. The number of aromatic nitrogens is 1. The summed E-state index contributed by atoms with van der Waals surface area (Å²) >= 11 is 6.04. The van der Waals surface area contributed by atoms with Crippen molar-refractivity contribution in [1.82, 2.24) is 20.1 Å². The molecule has 2 aromatic rings. The van der Waals surface area contributed by atoms with Gasteiger partial charge >= 0.3 is 6.03 Å². The van der Waals surface area contributed by atoms with Crippen LogP contribution in [-0.4, -0.2) is 46.9 Å². The van der Waals surface area contributed by atoms with Gasteiger partial charge in [0.25, 0.3) is 5.91 Å². The van der Waals surface area contributed by atoms with Gasteiger partial charge in [0.05, 0.1) is 12.1 Å². The van der Waals surface area contributed by atoms with E-state index in [0.29, 0.717) is 36.6 Å². The summed E-state index contributed by atoms with van der Waals surface area (Å²) < 4.78 is 0. The number of hydrogen-bond donors (Lipinski definition) is 1. The first kappa shape index (κ1) is 19.9. The highest BCUT2D eigenvalue weighted by Gasteiger charge is 2.23. The van der Waals surface area contributed by atoms with Crippen molar-refractivity contribution in [2.45, 2.75) is 19.9 Å². The molecule has 1 aliphatic rings. The summed E-state index contributed by atoms with van der Waals surface area (Å²) in [5, 5.41) is 3.61. The van der Waals surface area contributed by atoms with Crippen molar-refractivity contribution >= 4 is 23.5 Å². The first-order chi connectivity index (χ1) is 13.5. The van der Waals surface area contributed by atoms with Crippen LogP contribution in [0.4, 0.5) is 4.79 Å². The molecule has 0 saturated heterocycles. The standard InChI is InChI=1S/C21H23ClN4O2/c1-15-11-16(7-8-19(15)22)12-24-21(28)25(2)18-6-4-10-26(14-18)20(27)17-5-3-9-23-13-17/h3,5-9,11,13H,4,10,12,14H2,1-2H3,(H,24,28). The second kappa shape index (κ2) is 8.89. The van der Waals surface area contributed by atoms with Crippen LogP contribution in [0.5, 0.6) is 0 Å². The topological polar surface area (TPSA) is 65.5 Å². The molecular formula is C21H23ClN4O2. The van der Waals surface area contributed by atoms with Crippen LogP contribution in [0, 0.1) is 6.92 Å². The lowest BCUT2D eigenvalue weighted by molar-refractivity contribution is 0.0754. The Kier molecular flexibility index (Phi) is 6.31. The highest BCUT2D eigenvalue weighted by molar-refractivity contribution is 6.31. The predicted molar refractivity (Wildman–Crippen MR) is 109 cm³/mol. The summed E-state index contributed by atoms with van der Waals surface area (Å²) in [5.41, 5.74) is 3.30. The zero-order valence-corrected chi connectivity index (χ0v) is 16.7. The van der Waals surface area contributed by atoms with Crippen molar-refractivity contribution in [2.24, 2.45) is 0 Å². The molecule has 146 valence electrons. The Morgan fingerprint density at radius 3 is 2.86 bits per heavy atom. The summed E-state index contributed by atoms with van der Waals surface area (Å²) in [6.07, 6.45) is 5.90. The number of halogens is 1. The van der Waals surface area contributed by atoms with Crippen LogP contribution < -0.4 is 5.32 Å². The van der Waals surface area contributed by atoms with Gasteiger partial charge in [-0.25, -0.2) is 4.79 Å². The summed E-state index contributed by atoms with van der Waals surface area (Å²) in [6.45, 7) is 3.35. The molecule has 2 heterocycles. The number of pyridine rings is 1. The highest BCUT2D eigenvalue weighted by atomic mass is 35.5. The number of urea groups is 1. The van der Waals surface area contributed by atoms with E-state index in [9.17, 15) is 9.59 Å². The molecule has 0 saturated carbocycles. The molecule has 1 aromatic carbocycles. The number of carbonyl (C=O) groups is 2. The monoisotopic (exact) mass is 398 g/mol. The van der Waals surface area contributed by atoms with E-state index >= 15 is 0 Å². The minimum Gasteiger partial charge on any atom is -0.334 e. The molecule has 0 atom stereocenters. The zero-order chi connectivity index (χ0) is 20.1. The van der Waals surface area contributed by atoms with Gasteiger partial charge in [0.15, 0.2) is 0 Å². The van der Waals surface area contributed by atoms with E-state index in [-0.39, 0.29) is 11.9 Å². The van der Waals surface area contributed by atoms with E-state index in [0.717, 1.165) is 16.8 Å². The molecular weight excluding hydrogens is 376 g/mol. The maximum Gasteiger partial charge on any atom is 0.321 e. The van der Waals surface area contributed by atoms with Gasteiger partial charge in [-0.3, -0.25) is 14.7 Å². The summed E-state index contributed by atoms with van der Waals surface area (Å²) in [5.74, 6) is -0.0795. The highest BCUT2D eigenvalue weighted by Crippen LogP contribution is 2.17. The summed E-state index contributed by atoms with van der Waals surface area (Å²) in [4.78, 5) is 32.5. The van der Waals surface area contributed by atoms with Crippen LogP contribution in [0.1, 0.15) is 27.9 Å². The number of nitrogens with zero attached hydrogens (tertiary/aromatic N) is 3. The van der Waals surface area contributed by atoms with Crippen molar-refractivity contribution in [3.63, 3.8) is 0 Å². The average molecular weight is 399 g/mol. The van der Waals surface area contributed by atoms with Crippen LogP contribution in [-0.2, 0) is 6.54 Å². The third kappa shape index (κ3) is 4.70. The van der Waals surface area contributed by atoms with Crippen molar-refractivity contribution in [3.8, 4) is 0 Å². The molecule has 3 amide bonds. The van der Waals surface area contributed by atoms with Gasteiger partial charge in [-0.15, -0.1) is 0 Å². The van der Waals surface area contributed by atoms with E-state index in [1.165, 1.54) is 0 Å². The lowest BCUT2D eigenvalue weighted by Crippen LogP contribution is -2.43. The maximum absolute atomic E-state index is 12.6. The van der Waals surface area contributed by atoms with E-state index in [2.05, 4.69) is 10.3 Å². The summed E-state index contributed by atoms with van der Waals surface area (Å²) in [7, 11) is 1.71. The number of carbonyl (C=O) groups excluding carboxylic acids is 2. The molecule has 1 aromatic heterocycles. The Bertz CT molecular complexity index is 899. The van der Waals surface area contributed by atoms with Gasteiger partial charge in [0, 0.05) is 43.3 Å². The number of benzene rings is 1. The fourth-order valence-corrected chi connectivity index (χ4v) is 3.18. The number of amides is 3. The molecule has 0 bridgehead atoms. The maximum atomic E-state index is 12.6. The molecule has 6 nitrogen and oxygen atoms in total. The summed E-state index contributed by atoms with van der Waals surface area (Å²) in [6, 6.07) is 8.95. The molecule has 28 heavy (non-hydrogen) atoms. The third-order valence-corrected chi connectivity index (χ3v) is 5.15. The average Bonchev–Trinajstić information content (AvgIpc) is 2.74. The first-order valence-corrected chi connectivity index (χ1v) is 9.48.